The van der Waals surface area contributed by atoms with Crippen molar-refractivity contribution in [3.8, 4) is 5.75 Å². The summed E-state index contributed by atoms with van der Waals surface area (Å²) in [5.74, 6) is -0.386. The van der Waals surface area contributed by atoms with Gasteiger partial charge < -0.3 is 10.5 Å². The Balaban J connectivity index is 2.00. The predicted molar refractivity (Wildman–Crippen MR) is 77.6 cm³/mol. The summed E-state index contributed by atoms with van der Waals surface area (Å²) in [6, 6.07) is 4.26. The standard InChI is InChI=1S/C11H12N8O4/c1-23-9-3-2-7(4-8(9)19(21)22)5-13-14-10(20)6-18-11(12)15-16-17-18/h2-5H,6H2,1H3,(H,14,20)(H2,12,15,17). The van der Waals surface area contributed by atoms with Crippen LogP contribution in [0.5, 0.6) is 5.75 Å². The number of methoxy groups -OCH3 is 1. The Hall–Kier alpha value is -3.57. The smallest absolute Gasteiger partial charge is 0.311 e. The van der Waals surface area contributed by atoms with E-state index in [1.807, 2.05) is 0 Å². The number of carbonyl (C=O) groups excluding carboxylic acids is 1. The normalized spacial score (nSPS) is 10.7. The number of aromatic nitrogens is 4. The van der Waals surface area contributed by atoms with Crippen molar-refractivity contribution in [1.29, 1.82) is 0 Å². The zero-order valence-electron chi connectivity index (χ0n) is 11.9. The van der Waals surface area contributed by atoms with Gasteiger partial charge in [-0.2, -0.15) is 5.10 Å². The third-order valence-corrected chi connectivity index (χ3v) is 2.66. The van der Waals surface area contributed by atoms with Gasteiger partial charge in [-0.1, -0.05) is 5.10 Å². The van der Waals surface area contributed by atoms with Crippen molar-refractivity contribution in [2.24, 2.45) is 5.10 Å². The number of rotatable bonds is 6. The molecule has 0 aliphatic heterocycles. The van der Waals surface area contributed by atoms with Crippen LogP contribution in [-0.4, -0.2) is 44.4 Å². The Morgan fingerprint density at radius 3 is 3.00 bits per heavy atom. The van der Waals surface area contributed by atoms with Gasteiger partial charge in [0.1, 0.15) is 6.54 Å². The summed E-state index contributed by atoms with van der Waals surface area (Å²) in [6.45, 7) is -0.209. The monoisotopic (exact) mass is 320 g/mol. The molecular weight excluding hydrogens is 308 g/mol. The Bertz CT molecular complexity index is 756. The van der Waals surface area contributed by atoms with Crippen LogP contribution in [0.25, 0.3) is 0 Å². The number of nitrogens with two attached hydrogens (primary N) is 1. The predicted octanol–water partition coefficient (Wildman–Crippen LogP) is -0.678. The van der Waals surface area contributed by atoms with Crippen LogP contribution in [0, 0.1) is 10.1 Å². The van der Waals surface area contributed by atoms with Gasteiger partial charge in [-0.3, -0.25) is 14.9 Å². The van der Waals surface area contributed by atoms with Crippen LogP contribution in [0.4, 0.5) is 11.6 Å². The third kappa shape index (κ3) is 3.96. The molecule has 12 heteroatoms. The topological polar surface area (TPSA) is 163 Å². The van der Waals surface area contributed by atoms with Crippen molar-refractivity contribution in [1.82, 2.24) is 25.6 Å². The van der Waals surface area contributed by atoms with E-state index in [4.69, 9.17) is 10.5 Å². The number of tetrazole rings is 1. The Labute approximate surface area is 129 Å². The van der Waals surface area contributed by atoms with Gasteiger partial charge in [0, 0.05) is 11.6 Å². The first kappa shape index (κ1) is 15.8. The van der Waals surface area contributed by atoms with Crippen molar-refractivity contribution in [2.45, 2.75) is 6.54 Å². The molecule has 2 aromatic rings. The number of nitrogens with zero attached hydrogens (tertiary/aromatic N) is 6. The van der Waals surface area contributed by atoms with Crippen molar-refractivity contribution < 1.29 is 14.5 Å². The molecule has 0 aliphatic rings. The second kappa shape index (κ2) is 6.93. The molecule has 0 bridgehead atoms. The van der Waals surface area contributed by atoms with Gasteiger partial charge in [-0.25, -0.2) is 10.1 Å². The Morgan fingerprint density at radius 2 is 2.39 bits per heavy atom. The van der Waals surface area contributed by atoms with Crippen LogP contribution >= 0.6 is 0 Å². The lowest BCUT2D eigenvalue weighted by Crippen LogP contribution is -2.24. The quantitative estimate of drug-likeness (QED) is 0.401. The first-order valence-corrected chi connectivity index (χ1v) is 6.17. The fraction of sp³-hybridized carbons (Fsp3) is 0.182. The second-order valence-electron chi connectivity index (χ2n) is 4.18. The molecule has 0 radical (unpaired) electrons. The number of carbonyl (C=O) groups is 1. The van der Waals surface area contributed by atoms with Gasteiger partial charge in [-0.15, -0.1) is 0 Å². The molecule has 12 nitrogen and oxygen atoms in total. The van der Waals surface area contributed by atoms with Gasteiger partial charge in [0.05, 0.1) is 18.2 Å². The SMILES string of the molecule is COc1ccc(C=NNC(=O)Cn2nnnc2N)cc1[N+](=O)[O-]. The van der Waals surface area contributed by atoms with E-state index < -0.39 is 10.8 Å². The highest BCUT2D eigenvalue weighted by Gasteiger charge is 2.14. The summed E-state index contributed by atoms with van der Waals surface area (Å²) in [7, 11) is 1.33. The minimum Gasteiger partial charge on any atom is -0.490 e. The zero-order chi connectivity index (χ0) is 16.8. The molecule has 0 atom stereocenters. The highest BCUT2D eigenvalue weighted by atomic mass is 16.6. The van der Waals surface area contributed by atoms with Gasteiger partial charge in [0.2, 0.25) is 5.95 Å². The molecule has 1 heterocycles. The summed E-state index contributed by atoms with van der Waals surface area (Å²) in [4.78, 5) is 21.9. The summed E-state index contributed by atoms with van der Waals surface area (Å²) in [6.07, 6.45) is 1.26. The van der Waals surface area contributed by atoms with Crippen LogP contribution in [0.15, 0.2) is 23.3 Å². The largest absolute Gasteiger partial charge is 0.490 e. The fourth-order valence-corrected chi connectivity index (χ4v) is 1.60. The van der Waals surface area contributed by atoms with Gasteiger partial charge >= 0.3 is 5.69 Å². The summed E-state index contributed by atoms with van der Waals surface area (Å²) < 4.78 is 5.97. The fourth-order valence-electron chi connectivity index (χ4n) is 1.60. The molecule has 0 saturated carbocycles. The summed E-state index contributed by atoms with van der Waals surface area (Å²) in [5, 5.41) is 24.8. The maximum Gasteiger partial charge on any atom is 0.311 e. The Morgan fingerprint density at radius 1 is 1.61 bits per heavy atom. The second-order valence-corrected chi connectivity index (χ2v) is 4.18. The average molecular weight is 320 g/mol. The van der Waals surface area contributed by atoms with Crippen LogP contribution in [-0.2, 0) is 11.3 Å². The number of amides is 1. The number of nitro groups is 1. The maximum absolute atomic E-state index is 11.6. The van der Waals surface area contributed by atoms with Gasteiger partial charge in [0.25, 0.3) is 5.91 Å². The highest BCUT2D eigenvalue weighted by molar-refractivity contribution is 5.83. The number of hydrogen-bond acceptors (Lipinski definition) is 9. The lowest BCUT2D eigenvalue weighted by atomic mass is 10.2. The number of nitro benzene ring substituents is 1. The molecule has 0 aliphatic carbocycles. The molecule has 0 unspecified atom stereocenters. The van der Waals surface area contributed by atoms with Crippen LogP contribution in [0.1, 0.15) is 5.56 Å². The zero-order valence-corrected chi connectivity index (χ0v) is 11.9. The van der Waals surface area contributed by atoms with Crippen LogP contribution in [0.2, 0.25) is 0 Å². The highest BCUT2D eigenvalue weighted by Crippen LogP contribution is 2.26. The van der Waals surface area contributed by atoms with Crippen molar-refractivity contribution >= 4 is 23.8 Å². The molecule has 3 N–H and O–H groups in total. The molecule has 0 fully saturated rings. The van der Waals surface area contributed by atoms with E-state index in [1.165, 1.54) is 25.5 Å². The van der Waals surface area contributed by atoms with E-state index in [0.29, 0.717) is 5.56 Å². The molecule has 2 rings (SSSR count). The first-order chi connectivity index (χ1) is 11.0. The minimum absolute atomic E-state index is 0.00471. The van der Waals surface area contributed by atoms with Crippen LogP contribution < -0.4 is 15.9 Å². The molecule has 1 amide bonds. The van der Waals surface area contributed by atoms with E-state index in [0.717, 1.165) is 4.68 Å². The van der Waals surface area contributed by atoms with E-state index in [1.54, 1.807) is 6.07 Å². The lowest BCUT2D eigenvalue weighted by molar-refractivity contribution is -0.385. The Kier molecular flexibility index (Phi) is 4.76. The summed E-state index contributed by atoms with van der Waals surface area (Å²) in [5.41, 5.74) is 7.86. The maximum atomic E-state index is 11.6. The molecule has 0 saturated heterocycles. The molecule has 120 valence electrons. The lowest BCUT2D eigenvalue weighted by Gasteiger charge is -2.02. The molecule has 0 spiro atoms. The number of nitrogens with one attached hydrogen (secondary N) is 1. The number of hydrogen-bond donors (Lipinski definition) is 2. The van der Waals surface area contributed by atoms with Crippen molar-refractivity contribution in [3.63, 3.8) is 0 Å². The molecule has 23 heavy (non-hydrogen) atoms. The average Bonchev–Trinajstić information content (AvgIpc) is 2.92. The van der Waals surface area contributed by atoms with E-state index in [-0.39, 0.29) is 23.9 Å². The number of anilines is 1. The van der Waals surface area contributed by atoms with E-state index in [9.17, 15) is 14.9 Å². The minimum atomic E-state index is -0.574. The molecule has 1 aromatic carbocycles. The number of nitrogen functional groups attached to an aromatic ring is 1. The summed E-state index contributed by atoms with van der Waals surface area (Å²) >= 11 is 0. The third-order valence-electron chi connectivity index (χ3n) is 2.66. The van der Waals surface area contributed by atoms with Crippen molar-refractivity contribution in [2.75, 3.05) is 12.8 Å². The number of benzene rings is 1. The van der Waals surface area contributed by atoms with Crippen LogP contribution in [0.3, 0.4) is 0 Å². The first-order valence-electron chi connectivity index (χ1n) is 6.17. The number of hydrazone groups is 1. The van der Waals surface area contributed by atoms with E-state index >= 15 is 0 Å². The van der Waals surface area contributed by atoms with E-state index in [2.05, 4.69) is 26.1 Å². The number of ether oxygens (including phenoxy) is 1. The van der Waals surface area contributed by atoms with Gasteiger partial charge in [-0.05, 0) is 22.6 Å². The van der Waals surface area contributed by atoms with Crippen molar-refractivity contribution in [3.05, 3.63) is 33.9 Å². The van der Waals surface area contributed by atoms with Gasteiger partial charge in [0.15, 0.2) is 5.75 Å². The molecular formula is C11H12N8O4. The molecule has 1 aromatic heterocycles.